The molecule has 0 spiro atoms. The first-order valence-electron chi connectivity index (χ1n) is 18.1. The van der Waals surface area contributed by atoms with E-state index in [-0.39, 0.29) is 62.8 Å². The van der Waals surface area contributed by atoms with Crippen LogP contribution in [0.1, 0.15) is 57.1 Å². The molecule has 3 rings (SSSR count). The molecule has 0 bridgehead atoms. The molecule has 2 aromatic rings. The van der Waals surface area contributed by atoms with Crippen LogP contribution in [0.15, 0.2) is 59.6 Å². The number of phenolic OH excluding ortho intramolecular Hbond substituents is 1. The van der Waals surface area contributed by atoms with Crippen molar-refractivity contribution in [3.05, 3.63) is 65.7 Å². The fourth-order valence-corrected chi connectivity index (χ4v) is 5.73. The number of primary amides is 1. The topological polar surface area (TPSA) is 285 Å². The number of amides is 6. The largest absolute Gasteiger partial charge is 0.508 e. The molecule has 6 amide bonds. The number of hydrogen-bond acceptors (Lipinski definition) is 11. The molecule has 1 aliphatic rings. The van der Waals surface area contributed by atoms with E-state index in [0.29, 0.717) is 18.4 Å². The normalized spacial score (nSPS) is 22.0. The van der Waals surface area contributed by atoms with Gasteiger partial charge < -0.3 is 54.2 Å². The fraction of sp³-hybridized carbons (Fsp3) is 0.486. The highest BCUT2D eigenvalue weighted by Gasteiger charge is 2.30. The van der Waals surface area contributed by atoms with Crippen molar-refractivity contribution in [1.29, 1.82) is 0 Å². The summed E-state index contributed by atoms with van der Waals surface area (Å²) in [6, 6.07) is 9.82. The molecule has 2 aromatic carbocycles. The highest BCUT2D eigenvalue weighted by atomic mass is 16.3. The van der Waals surface area contributed by atoms with Crippen LogP contribution < -0.4 is 49.1 Å². The van der Waals surface area contributed by atoms with Crippen molar-refractivity contribution in [1.82, 2.24) is 31.9 Å². The van der Waals surface area contributed by atoms with E-state index in [4.69, 9.17) is 17.2 Å². The number of nitrogens with one attached hydrogen (secondary N) is 6. The Morgan fingerprint density at radius 3 is 2.22 bits per heavy atom. The van der Waals surface area contributed by atoms with Crippen molar-refractivity contribution in [2.24, 2.45) is 28.1 Å². The van der Waals surface area contributed by atoms with Gasteiger partial charge in [0.25, 0.3) is 0 Å². The van der Waals surface area contributed by atoms with E-state index in [1.54, 1.807) is 42.5 Å². The van der Waals surface area contributed by atoms with Gasteiger partial charge in [-0.25, -0.2) is 0 Å². The molecule has 54 heavy (non-hydrogen) atoms. The quantitative estimate of drug-likeness (QED) is 0.143. The molecule has 0 saturated heterocycles. The molecule has 13 N–H and O–H groups in total. The van der Waals surface area contributed by atoms with Gasteiger partial charge in [0.05, 0.1) is 12.6 Å². The molecule has 0 radical (unpaired) electrons. The first-order chi connectivity index (χ1) is 25.7. The van der Waals surface area contributed by atoms with Gasteiger partial charge in [-0.2, -0.15) is 0 Å². The van der Waals surface area contributed by atoms with Crippen molar-refractivity contribution in [2.45, 2.75) is 89.0 Å². The fourth-order valence-electron chi connectivity index (χ4n) is 5.73. The van der Waals surface area contributed by atoms with E-state index in [9.17, 15) is 33.9 Å². The van der Waals surface area contributed by atoms with Gasteiger partial charge in [0.15, 0.2) is 5.96 Å². The van der Waals surface area contributed by atoms with E-state index in [0.717, 1.165) is 5.56 Å². The highest BCUT2D eigenvalue weighted by molar-refractivity contribution is 5.95. The third kappa shape index (κ3) is 15.1. The van der Waals surface area contributed by atoms with E-state index < -0.39 is 72.2 Å². The summed E-state index contributed by atoms with van der Waals surface area (Å²) in [6.07, 6.45) is 1.44. The third-order valence-electron chi connectivity index (χ3n) is 8.63. The van der Waals surface area contributed by atoms with Crippen LogP contribution in [0, 0.1) is 5.92 Å². The zero-order valence-corrected chi connectivity index (χ0v) is 30.8. The molecule has 1 aliphatic heterocycles. The molecule has 294 valence electrons. The summed E-state index contributed by atoms with van der Waals surface area (Å²) in [6.45, 7) is 3.70. The number of rotatable bonds is 9. The van der Waals surface area contributed by atoms with Crippen LogP contribution in [-0.4, -0.2) is 96.4 Å². The van der Waals surface area contributed by atoms with Crippen molar-refractivity contribution in [2.75, 3.05) is 19.6 Å². The predicted molar refractivity (Wildman–Crippen MR) is 202 cm³/mol. The van der Waals surface area contributed by atoms with Crippen LogP contribution in [0.3, 0.4) is 0 Å². The summed E-state index contributed by atoms with van der Waals surface area (Å²) in [5, 5.41) is 25.8. The Morgan fingerprint density at radius 1 is 0.870 bits per heavy atom. The Kier molecular flexibility index (Phi) is 17.2. The van der Waals surface area contributed by atoms with Crippen molar-refractivity contribution < 1.29 is 33.9 Å². The number of phenols is 1. The lowest BCUT2D eigenvalue weighted by atomic mass is 10.0. The Labute approximate surface area is 315 Å². The van der Waals surface area contributed by atoms with E-state index in [1.165, 1.54) is 12.1 Å². The number of aromatic hydroxyl groups is 1. The van der Waals surface area contributed by atoms with E-state index in [1.807, 2.05) is 13.8 Å². The molecule has 0 aromatic heterocycles. The maximum Gasteiger partial charge on any atom is 0.243 e. The van der Waals surface area contributed by atoms with Gasteiger partial charge in [0.2, 0.25) is 35.4 Å². The number of nitrogens with two attached hydrogens (primary N) is 3. The zero-order chi connectivity index (χ0) is 39.6. The molecular formula is C37H54N10O7. The number of carbonyl (C=O) groups is 6. The molecule has 17 heteroatoms. The van der Waals surface area contributed by atoms with E-state index in [2.05, 4.69) is 36.9 Å². The van der Waals surface area contributed by atoms with Crippen molar-refractivity contribution in [3.8, 4) is 5.75 Å². The van der Waals surface area contributed by atoms with Crippen molar-refractivity contribution in [3.63, 3.8) is 0 Å². The smallest absolute Gasteiger partial charge is 0.243 e. The van der Waals surface area contributed by atoms with Crippen LogP contribution in [-0.2, 0) is 41.6 Å². The number of carbonyl (C=O) groups excluding carboxylic acids is 6. The SMILES string of the molecule is CC(C)C[C@@H]1NC(=O)[C@H](Cc2ccccc2)NC(=O)CNC(=O)[C@H](NC(=O)[C@@H](N)Cc2ccc(O)cc2)CCCNC(N)=NCCC[C@@H](C(N)=O)NC1=O. The molecule has 0 fully saturated rings. The Balaban J connectivity index is 1.84. The highest BCUT2D eigenvalue weighted by Crippen LogP contribution is 2.12. The van der Waals surface area contributed by atoms with Crippen LogP contribution >= 0.6 is 0 Å². The summed E-state index contributed by atoms with van der Waals surface area (Å²) in [7, 11) is 0. The molecule has 17 nitrogen and oxygen atoms in total. The monoisotopic (exact) mass is 750 g/mol. The van der Waals surface area contributed by atoms with Gasteiger partial charge in [-0.1, -0.05) is 56.3 Å². The van der Waals surface area contributed by atoms with Crippen LogP contribution in [0.25, 0.3) is 0 Å². The summed E-state index contributed by atoms with van der Waals surface area (Å²) >= 11 is 0. The molecule has 1 heterocycles. The first kappa shape index (κ1) is 42.7. The summed E-state index contributed by atoms with van der Waals surface area (Å²) in [5.41, 5.74) is 19.2. The minimum Gasteiger partial charge on any atom is -0.508 e. The molecule has 0 unspecified atom stereocenters. The number of guanidine groups is 1. The second kappa shape index (κ2) is 21.7. The summed E-state index contributed by atoms with van der Waals surface area (Å²) < 4.78 is 0. The predicted octanol–water partition coefficient (Wildman–Crippen LogP) is -1.43. The Hall–Kier alpha value is -5.71. The number of hydrogen-bond donors (Lipinski definition) is 10. The molecular weight excluding hydrogens is 696 g/mol. The Morgan fingerprint density at radius 2 is 1.56 bits per heavy atom. The summed E-state index contributed by atoms with van der Waals surface area (Å²) in [5.74, 6) is -3.82. The maximum absolute atomic E-state index is 13.8. The van der Waals surface area contributed by atoms with Gasteiger partial charge in [-0.3, -0.25) is 33.8 Å². The molecule has 0 aliphatic carbocycles. The van der Waals surface area contributed by atoms with Gasteiger partial charge >= 0.3 is 0 Å². The van der Waals surface area contributed by atoms with Gasteiger partial charge in [-0.15, -0.1) is 0 Å². The number of nitrogens with zero attached hydrogens (tertiary/aromatic N) is 1. The third-order valence-corrected chi connectivity index (χ3v) is 8.63. The minimum absolute atomic E-state index is 0.0374. The Bertz CT molecular complexity index is 1600. The minimum atomic E-state index is -1.15. The lowest BCUT2D eigenvalue weighted by Gasteiger charge is -2.26. The van der Waals surface area contributed by atoms with Gasteiger partial charge in [0.1, 0.15) is 29.9 Å². The average Bonchev–Trinajstić information content (AvgIpc) is 3.13. The van der Waals surface area contributed by atoms with Crippen LogP contribution in [0.4, 0.5) is 0 Å². The molecule has 0 saturated carbocycles. The zero-order valence-electron chi connectivity index (χ0n) is 30.8. The van der Waals surface area contributed by atoms with Gasteiger partial charge in [0, 0.05) is 19.5 Å². The lowest BCUT2D eigenvalue weighted by molar-refractivity contribution is -0.134. The number of aliphatic imine (C=N–C) groups is 1. The van der Waals surface area contributed by atoms with Gasteiger partial charge in [-0.05, 0) is 67.7 Å². The van der Waals surface area contributed by atoms with Crippen molar-refractivity contribution >= 4 is 41.4 Å². The van der Waals surface area contributed by atoms with Crippen LogP contribution in [0.2, 0.25) is 0 Å². The summed E-state index contributed by atoms with van der Waals surface area (Å²) in [4.78, 5) is 83.5. The standard InChI is InChI=1S/C37H54N10O7/c1-22(2)18-29-35(53)45-27(32(39)50)10-6-16-41-37(40)42-17-7-11-28(46-33(51)26(38)19-24-12-14-25(48)15-13-24)34(52)43-21-31(49)44-30(36(54)47-29)20-23-8-4-3-5-9-23/h3-5,8-9,12-15,22,26-30,48H,6-7,10-11,16-21,38H2,1-2H3,(H2,39,50)(H,43,52)(H,44,49)(H,45,53)(H,46,51)(H,47,54)(H3,40,41,42)/t26-,27-,28+,29-,30-/m0/s1. The second-order valence-electron chi connectivity index (χ2n) is 13.7. The first-order valence-corrected chi connectivity index (χ1v) is 18.1. The average molecular weight is 751 g/mol. The van der Waals surface area contributed by atoms with Crippen LogP contribution in [0.5, 0.6) is 5.75 Å². The second-order valence-corrected chi connectivity index (χ2v) is 13.7. The maximum atomic E-state index is 13.8. The lowest BCUT2D eigenvalue weighted by Crippen LogP contribution is -2.58. The van der Waals surface area contributed by atoms with E-state index >= 15 is 0 Å². The number of benzene rings is 2. The molecule has 5 atom stereocenters.